The SMILES string of the molecule is CCCCCCCCc1ccc(-c2nnc(C3CCC(CCCCCC)CC3)s2)cc1. The molecule has 1 aliphatic rings. The van der Waals surface area contributed by atoms with Crippen LogP contribution in [0.1, 0.15) is 127 Å². The summed E-state index contributed by atoms with van der Waals surface area (Å²) in [6.45, 7) is 4.58. The van der Waals surface area contributed by atoms with E-state index in [-0.39, 0.29) is 0 Å². The summed E-state index contributed by atoms with van der Waals surface area (Å²) >= 11 is 1.83. The third-order valence-electron chi connectivity index (χ3n) is 7.12. The van der Waals surface area contributed by atoms with E-state index in [1.54, 1.807) is 0 Å². The zero-order valence-electron chi connectivity index (χ0n) is 20.1. The Morgan fingerprint density at radius 1 is 0.742 bits per heavy atom. The molecule has 0 atom stereocenters. The molecule has 1 saturated carbocycles. The van der Waals surface area contributed by atoms with Gasteiger partial charge in [0.25, 0.3) is 0 Å². The first-order valence-electron chi connectivity index (χ1n) is 13.2. The van der Waals surface area contributed by atoms with E-state index in [1.807, 2.05) is 11.3 Å². The summed E-state index contributed by atoms with van der Waals surface area (Å²) < 4.78 is 0. The molecule has 1 aromatic carbocycles. The number of benzene rings is 1. The lowest BCUT2D eigenvalue weighted by Crippen LogP contribution is -2.13. The van der Waals surface area contributed by atoms with Gasteiger partial charge in [-0.1, -0.05) is 114 Å². The maximum Gasteiger partial charge on any atom is 0.147 e. The number of hydrogen-bond donors (Lipinski definition) is 0. The van der Waals surface area contributed by atoms with Crippen LogP contribution in [0.5, 0.6) is 0 Å². The zero-order valence-corrected chi connectivity index (χ0v) is 20.9. The molecular formula is C28H44N2S. The molecule has 0 radical (unpaired) electrons. The Morgan fingerprint density at radius 3 is 2.10 bits per heavy atom. The van der Waals surface area contributed by atoms with Crippen molar-refractivity contribution in [1.82, 2.24) is 10.2 Å². The van der Waals surface area contributed by atoms with Crippen LogP contribution in [0.25, 0.3) is 10.6 Å². The van der Waals surface area contributed by atoms with Crippen molar-refractivity contribution in [3.8, 4) is 10.6 Å². The van der Waals surface area contributed by atoms with Gasteiger partial charge in [0.1, 0.15) is 10.0 Å². The van der Waals surface area contributed by atoms with Gasteiger partial charge in [-0.25, -0.2) is 0 Å². The number of aromatic nitrogens is 2. The van der Waals surface area contributed by atoms with E-state index in [4.69, 9.17) is 0 Å². The topological polar surface area (TPSA) is 25.8 Å². The van der Waals surface area contributed by atoms with E-state index in [2.05, 4.69) is 48.3 Å². The van der Waals surface area contributed by atoms with Crippen LogP contribution in [-0.2, 0) is 6.42 Å². The van der Waals surface area contributed by atoms with Gasteiger partial charge in [0, 0.05) is 11.5 Å². The second kappa shape index (κ2) is 14.0. The molecule has 0 N–H and O–H groups in total. The van der Waals surface area contributed by atoms with Crippen LogP contribution < -0.4 is 0 Å². The van der Waals surface area contributed by atoms with Crippen LogP contribution in [-0.4, -0.2) is 10.2 Å². The third-order valence-corrected chi connectivity index (χ3v) is 8.26. The quantitative estimate of drug-likeness (QED) is 0.273. The van der Waals surface area contributed by atoms with E-state index < -0.39 is 0 Å². The van der Waals surface area contributed by atoms with Crippen molar-refractivity contribution in [2.75, 3.05) is 0 Å². The van der Waals surface area contributed by atoms with Gasteiger partial charge in [-0.15, -0.1) is 10.2 Å². The van der Waals surface area contributed by atoms with E-state index in [0.717, 1.165) is 10.9 Å². The van der Waals surface area contributed by atoms with E-state index in [1.165, 1.54) is 119 Å². The van der Waals surface area contributed by atoms with Crippen LogP contribution in [0.2, 0.25) is 0 Å². The predicted molar refractivity (Wildman–Crippen MR) is 136 cm³/mol. The number of hydrogen-bond acceptors (Lipinski definition) is 3. The summed E-state index contributed by atoms with van der Waals surface area (Å²) in [6, 6.07) is 9.10. The minimum absolute atomic E-state index is 0.644. The van der Waals surface area contributed by atoms with E-state index in [9.17, 15) is 0 Å². The highest BCUT2D eigenvalue weighted by Gasteiger charge is 2.25. The maximum atomic E-state index is 4.60. The monoisotopic (exact) mass is 440 g/mol. The molecule has 1 heterocycles. The van der Waals surface area contributed by atoms with Gasteiger partial charge < -0.3 is 0 Å². The molecule has 0 spiro atoms. The molecule has 0 aliphatic heterocycles. The molecule has 2 aromatic rings. The number of rotatable bonds is 14. The summed E-state index contributed by atoms with van der Waals surface area (Å²) in [5.41, 5.74) is 2.70. The molecule has 172 valence electrons. The van der Waals surface area contributed by atoms with Crippen molar-refractivity contribution >= 4 is 11.3 Å². The Kier molecular flexibility index (Phi) is 11.1. The first-order valence-corrected chi connectivity index (χ1v) is 14.0. The van der Waals surface area contributed by atoms with Gasteiger partial charge in [0.2, 0.25) is 0 Å². The normalized spacial score (nSPS) is 19.0. The van der Waals surface area contributed by atoms with Gasteiger partial charge in [-0.3, -0.25) is 0 Å². The first kappa shape index (κ1) is 24.4. The number of nitrogens with zero attached hydrogens (tertiary/aromatic N) is 2. The molecule has 3 rings (SSSR count). The van der Waals surface area contributed by atoms with Crippen LogP contribution in [0.15, 0.2) is 24.3 Å². The van der Waals surface area contributed by atoms with Gasteiger partial charge in [0.05, 0.1) is 0 Å². The molecule has 1 aliphatic carbocycles. The Hall–Kier alpha value is -1.22. The van der Waals surface area contributed by atoms with Crippen molar-refractivity contribution < 1.29 is 0 Å². The molecular weight excluding hydrogens is 396 g/mol. The Labute approximate surface area is 195 Å². The minimum atomic E-state index is 0.644. The van der Waals surface area contributed by atoms with Crippen molar-refractivity contribution in [1.29, 1.82) is 0 Å². The highest BCUT2D eigenvalue weighted by molar-refractivity contribution is 7.14. The summed E-state index contributed by atoms with van der Waals surface area (Å²) in [5.74, 6) is 1.60. The smallest absolute Gasteiger partial charge is 0.143 e. The molecule has 31 heavy (non-hydrogen) atoms. The number of unbranched alkanes of at least 4 members (excludes halogenated alkanes) is 8. The van der Waals surface area contributed by atoms with Crippen molar-refractivity contribution in [2.45, 2.75) is 122 Å². The summed E-state index contributed by atoms with van der Waals surface area (Å²) in [5, 5.41) is 11.5. The van der Waals surface area contributed by atoms with E-state index in [0.29, 0.717) is 5.92 Å². The van der Waals surface area contributed by atoms with Gasteiger partial charge in [-0.05, 0) is 50.0 Å². The largest absolute Gasteiger partial charge is 0.147 e. The van der Waals surface area contributed by atoms with Crippen LogP contribution >= 0.6 is 11.3 Å². The standard InChI is InChI=1S/C28H44N2S/c1-3-5-7-9-10-12-14-24-17-21-26(22-18-24)28-30-29-27(31-28)25-19-15-23(16-20-25)13-11-8-6-4-2/h17-18,21-23,25H,3-16,19-20H2,1-2H3. The highest BCUT2D eigenvalue weighted by Crippen LogP contribution is 2.40. The fourth-order valence-corrected chi connectivity index (χ4v) is 6.02. The molecule has 0 amide bonds. The fourth-order valence-electron chi connectivity index (χ4n) is 5.00. The highest BCUT2D eigenvalue weighted by atomic mass is 32.1. The van der Waals surface area contributed by atoms with Crippen molar-refractivity contribution in [3.63, 3.8) is 0 Å². The summed E-state index contributed by atoms with van der Waals surface area (Å²) in [6.07, 6.45) is 21.8. The summed E-state index contributed by atoms with van der Waals surface area (Å²) in [4.78, 5) is 0. The molecule has 1 aromatic heterocycles. The average Bonchev–Trinajstić information content (AvgIpc) is 3.30. The van der Waals surface area contributed by atoms with E-state index >= 15 is 0 Å². The van der Waals surface area contributed by atoms with Gasteiger partial charge >= 0.3 is 0 Å². The molecule has 3 heteroatoms. The van der Waals surface area contributed by atoms with Crippen molar-refractivity contribution in [3.05, 3.63) is 34.8 Å². The lowest BCUT2D eigenvalue weighted by Gasteiger charge is -2.27. The average molecular weight is 441 g/mol. The molecule has 0 unspecified atom stereocenters. The lowest BCUT2D eigenvalue weighted by molar-refractivity contribution is 0.301. The zero-order chi connectivity index (χ0) is 21.7. The van der Waals surface area contributed by atoms with Crippen LogP contribution in [0.4, 0.5) is 0 Å². The maximum absolute atomic E-state index is 4.60. The summed E-state index contributed by atoms with van der Waals surface area (Å²) in [7, 11) is 0. The second-order valence-electron chi connectivity index (χ2n) is 9.73. The van der Waals surface area contributed by atoms with Crippen LogP contribution in [0, 0.1) is 5.92 Å². The molecule has 0 saturated heterocycles. The Bertz CT molecular complexity index is 713. The number of aryl methyl sites for hydroxylation is 1. The minimum Gasteiger partial charge on any atom is -0.143 e. The Morgan fingerprint density at radius 2 is 1.39 bits per heavy atom. The van der Waals surface area contributed by atoms with Gasteiger partial charge in [0.15, 0.2) is 0 Å². The Balaban J connectivity index is 1.41. The second-order valence-corrected chi connectivity index (χ2v) is 10.7. The first-order chi connectivity index (χ1) is 15.3. The predicted octanol–water partition coefficient (Wildman–Crippen LogP) is 9.35. The van der Waals surface area contributed by atoms with Crippen LogP contribution in [0.3, 0.4) is 0 Å². The molecule has 1 fully saturated rings. The van der Waals surface area contributed by atoms with Crippen molar-refractivity contribution in [2.24, 2.45) is 5.92 Å². The molecule has 2 nitrogen and oxygen atoms in total. The van der Waals surface area contributed by atoms with Gasteiger partial charge in [-0.2, -0.15) is 0 Å². The third kappa shape index (κ3) is 8.33. The molecule has 0 bridgehead atoms. The fraction of sp³-hybridized carbons (Fsp3) is 0.714. The lowest BCUT2D eigenvalue weighted by atomic mass is 9.80.